The van der Waals surface area contributed by atoms with Crippen LogP contribution in [-0.2, 0) is 6.54 Å². The van der Waals surface area contributed by atoms with Gasteiger partial charge in [0.05, 0.1) is 6.07 Å². The molecule has 0 atom stereocenters. The molecule has 2 heterocycles. The Morgan fingerprint density at radius 1 is 1.00 bits per heavy atom. The molecular formula is C17H23N3. The van der Waals surface area contributed by atoms with E-state index in [0.29, 0.717) is 0 Å². The molecule has 0 unspecified atom stereocenters. The van der Waals surface area contributed by atoms with Crippen LogP contribution < -0.4 is 0 Å². The Balaban J connectivity index is 1.60. The summed E-state index contributed by atoms with van der Waals surface area (Å²) in [5.41, 5.74) is 1.20. The lowest BCUT2D eigenvalue weighted by Gasteiger charge is -2.42. The SMILES string of the molecule is N#CC1(N2CCCC2)CCN(Cc2ccccc2)CC1. The first-order chi connectivity index (χ1) is 9.82. The monoisotopic (exact) mass is 269 g/mol. The summed E-state index contributed by atoms with van der Waals surface area (Å²) >= 11 is 0. The van der Waals surface area contributed by atoms with Gasteiger partial charge < -0.3 is 0 Å². The van der Waals surface area contributed by atoms with E-state index in [1.165, 1.54) is 18.4 Å². The van der Waals surface area contributed by atoms with Crippen LogP contribution in [0, 0.1) is 11.3 Å². The molecule has 106 valence electrons. The maximum Gasteiger partial charge on any atom is 0.111 e. The molecule has 0 amide bonds. The van der Waals surface area contributed by atoms with Gasteiger partial charge in [0.1, 0.15) is 5.54 Å². The second-order valence-electron chi connectivity index (χ2n) is 6.10. The van der Waals surface area contributed by atoms with Crippen molar-refractivity contribution in [2.24, 2.45) is 0 Å². The molecule has 2 aliphatic rings. The maximum absolute atomic E-state index is 9.67. The Morgan fingerprint density at radius 3 is 2.25 bits per heavy atom. The van der Waals surface area contributed by atoms with Crippen molar-refractivity contribution in [1.82, 2.24) is 9.80 Å². The van der Waals surface area contributed by atoms with E-state index >= 15 is 0 Å². The lowest BCUT2D eigenvalue weighted by molar-refractivity contribution is 0.0755. The Labute approximate surface area is 121 Å². The fourth-order valence-electron chi connectivity index (χ4n) is 3.57. The zero-order chi connectivity index (χ0) is 13.8. The van der Waals surface area contributed by atoms with Crippen molar-refractivity contribution in [2.75, 3.05) is 26.2 Å². The van der Waals surface area contributed by atoms with Gasteiger partial charge in [-0.2, -0.15) is 5.26 Å². The van der Waals surface area contributed by atoms with E-state index in [4.69, 9.17) is 0 Å². The van der Waals surface area contributed by atoms with Crippen molar-refractivity contribution in [3.8, 4) is 6.07 Å². The summed E-state index contributed by atoms with van der Waals surface area (Å²) in [4.78, 5) is 4.92. The van der Waals surface area contributed by atoms with E-state index in [2.05, 4.69) is 46.2 Å². The lowest BCUT2D eigenvalue weighted by Crippen LogP contribution is -2.53. The summed E-state index contributed by atoms with van der Waals surface area (Å²) in [6, 6.07) is 13.3. The van der Waals surface area contributed by atoms with Crippen LogP contribution in [-0.4, -0.2) is 41.5 Å². The van der Waals surface area contributed by atoms with Gasteiger partial charge in [-0.3, -0.25) is 9.80 Å². The molecule has 1 aromatic carbocycles. The number of piperidine rings is 1. The summed E-state index contributed by atoms with van der Waals surface area (Å²) in [7, 11) is 0. The minimum Gasteiger partial charge on any atom is -0.299 e. The van der Waals surface area contributed by atoms with E-state index in [1.54, 1.807) is 0 Å². The van der Waals surface area contributed by atoms with Crippen LogP contribution in [0.3, 0.4) is 0 Å². The molecule has 0 saturated carbocycles. The van der Waals surface area contributed by atoms with Gasteiger partial charge in [0.2, 0.25) is 0 Å². The van der Waals surface area contributed by atoms with Crippen LogP contribution in [0.1, 0.15) is 31.2 Å². The molecule has 2 saturated heterocycles. The van der Waals surface area contributed by atoms with Crippen molar-refractivity contribution >= 4 is 0 Å². The van der Waals surface area contributed by atoms with E-state index in [9.17, 15) is 5.26 Å². The fourth-order valence-corrected chi connectivity index (χ4v) is 3.57. The van der Waals surface area contributed by atoms with Crippen molar-refractivity contribution < 1.29 is 0 Å². The second-order valence-corrected chi connectivity index (χ2v) is 6.10. The summed E-state index contributed by atoms with van der Waals surface area (Å²) in [5.74, 6) is 0. The van der Waals surface area contributed by atoms with Crippen LogP contribution in [0.2, 0.25) is 0 Å². The van der Waals surface area contributed by atoms with E-state index < -0.39 is 0 Å². The molecule has 0 spiro atoms. The quantitative estimate of drug-likeness (QED) is 0.845. The fraction of sp³-hybridized carbons (Fsp3) is 0.588. The molecule has 0 bridgehead atoms. The van der Waals surface area contributed by atoms with Gasteiger partial charge in [-0.25, -0.2) is 0 Å². The molecule has 1 aromatic rings. The summed E-state index contributed by atoms with van der Waals surface area (Å²) in [6.45, 7) is 5.33. The first-order valence-electron chi connectivity index (χ1n) is 7.75. The number of likely N-dealkylation sites (tertiary alicyclic amines) is 2. The topological polar surface area (TPSA) is 30.3 Å². The highest BCUT2D eigenvalue weighted by molar-refractivity contribution is 5.16. The third-order valence-electron chi connectivity index (χ3n) is 4.85. The van der Waals surface area contributed by atoms with E-state index in [0.717, 1.165) is 45.6 Å². The third-order valence-corrected chi connectivity index (χ3v) is 4.85. The molecule has 3 nitrogen and oxygen atoms in total. The molecule has 0 N–H and O–H groups in total. The average Bonchev–Trinajstić information content (AvgIpc) is 3.04. The highest BCUT2D eigenvalue weighted by atomic mass is 15.2. The molecular weight excluding hydrogens is 246 g/mol. The Morgan fingerprint density at radius 2 is 1.65 bits per heavy atom. The Hall–Kier alpha value is -1.37. The molecule has 3 rings (SSSR count). The normalized spacial score (nSPS) is 23.6. The molecule has 2 fully saturated rings. The van der Waals surface area contributed by atoms with Crippen molar-refractivity contribution in [2.45, 2.75) is 37.8 Å². The van der Waals surface area contributed by atoms with Gasteiger partial charge in [0, 0.05) is 19.6 Å². The van der Waals surface area contributed by atoms with Gasteiger partial charge in [-0.1, -0.05) is 30.3 Å². The number of nitrogens with zero attached hydrogens (tertiary/aromatic N) is 3. The molecule has 3 heteroatoms. The zero-order valence-corrected chi connectivity index (χ0v) is 12.1. The Kier molecular flexibility index (Phi) is 4.05. The number of benzene rings is 1. The highest BCUT2D eigenvalue weighted by Crippen LogP contribution is 2.31. The summed E-state index contributed by atoms with van der Waals surface area (Å²) in [6.07, 6.45) is 4.51. The van der Waals surface area contributed by atoms with Gasteiger partial charge in [-0.05, 0) is 44.3 Å². The number of rotatable bonds is 3. The molecule has 2 aliphatic heterocycles. The number of nitriles is 1. The molecule has 0 aromatic heterocycles. The van der Waals surface area contributed by atoms with Gasteiger partial charge in [0.25, 0.3) is 0 Å². The highest BCUT2D eigenvalue weighted by Gasteiger charge is 2.41. The third kappa shape index (κ3) is 2.72. The first kappa shape index (κ1) is 13.6. The van der Waals surface area contributed by atoms with Crippen molar-refractivity contribution in [3.05, 3.63) is 35.9 Å². The summed E-state index contributed by atoms with van der Waals surface area (Å²) in [5, 5.41) is 9.67. The maximum atomic E-state index is 9.67. The number of hydrogen-bond donors (Lipinski definition) is 0. The zero-order valence-electron chi connectivity index (χ0n) is 12.1. The van der Waals surface area contributed by atoms with Crippen molar-refractivity contribution in [1.29, 1.82) is 5.26 Å². The van der Waals surface area contributed by atoms with Crippen LogP contribution in [0.5, 0.6) is 0 Å². The largest absolute Gasteiger partial charge is 0.299 e. The van der Waals surface area contributed by atoms with Crippen LogP contribution in [0.25, 0.3) is 0 Å². The predicted octanol–water partition coefficient (Wildman–Crippen LogP) is 2.64. The minimum absolute atomic E-state index is 0.177. The second kappa shape index (κ2) is 5.95. The van der Waals surface area contributed by atoms with E-state index in [-0.39, 0.29) is 5.54 Å². The standard InChI is InChI=1S/C17H23N3/c18-15-17(20-10-4-5-11-20)8-12-19(13-9-17)14-16-6-2-1-3-7-16/h1-3,6-7H,4-5,8-14H2. The Bertz CT molecular complexity index is 463. The smallest absolute Gasteiger partial charge is 0.111 e. The lowest BCUT2D eigenvalue weighted by atomic mass is 9.87. The summed E-state index contributed by atoms with van der Waals surface area (Å²) < 4.78 is 0. The molecule has 20 heavy (non-hydrogen) atoms. The van der Waals surface area contributed by atoms with Gasteiger partial charge >= 0.3 is 0 Å². The van der Waals surface area contributed by atoms with E-state index in [1.807, 2.05) is 0 Å². The average molecular weight is 269 g/mol. The van der Waals surface area contributed by atoms with Gasteiger partial charge in [0.15, 0.2) is 0 Å². The van der Waals surface area contributed by atoms with Crippen LogP contribution in [0.4, 0.5) is 0 Å². The van der Waals surface area contributed by atoms with Crippen LogP contribution >= 0.6 is 0 Å². The van der Waals surface area contributed by atoms with Crippen LogP contribution in [0.15, 0.2) is 30.3 Å². The number of hydrogen-bond acceptors (Lipinski definition) is 3. The van der Waals surface area contributed by atoms with Gasteiger partial charge in [-0.15, -0.1) is 0 Å². The molecule has 0 aliphatic carbocycles. The molecule has 0 radical (unpaired) electrons. The predicted molar refractivity (Wildman–Crippen MR) is 80.1 cm³/mol. The minimum atomic E-state index is -0.177. The van der Waals surface area contributed by atoms with Crippen molar-refractivity contribution in [3.63, 3.8) is 0 Å². The first-order valence-corrected chi connectivity index (χ1v) is 7.75.